The highest BCUT2D eigenvalue weighted by atomic mass is 35.5. The van der Waals surface area contributed by atoms with Crippen molar-refractivity contribution in [3.8, 4) is 0 Å². The van der Waals surface area contributed by atoms with Crippen LogP contribution < -0.4 is 5.32 Å². The summed E-state index contributed by atoms with van der Waals surface area (Å²) >= 11 is 5.99. The van der Waals surface area contributed by atoms with Crippen molar-refractivity contribution >= 4 is 21.4 Å². The summed E-state index contributed by atoms with van der Waals surface area (Å²) < 4.78 is 23.0. The second-order valence-electron chi connectivity index (χ2n) is 4.97. The van der Waals surface area contributed by atoms with Crippen LogP contribution in [0.25, 0.3) is 0 Å². The molecule has 1 aromatic rings. The van der Waals surface area contributed by atoms with Crippen molar-refractivity contribution in [3.63, 3.8) is 0 Å². The van der Waals surface area contributed by atoms with E-state index >= 15 is 0 Å². The molecule has 5 heteroatoms. The van der Waals surface area contributed by atoms with Crippen molar-refractivity contribution < 1.29 is 8.42 Å². The van der Waals surface area contributed by atoms with Gasteiger partial charge in [-0.1, -0.05) is 37.6 Å². The van der Waals surface area contributed by atoms with Crippen LogP contribution in [0, 0.1) is 0 Å². The maximum atomic E-state index is 11.5. The maximum absolute atomic E-state index is 11.5. The molecule has 0 saturated heterocycles. The number of benzene rings is 1. The zero-order valence-corrected chi connectivity index (χ0v) is 13.8. The van der Waals surface area contributed by atoms with Gasteiger partial charge in [-0.3, -0.25) is 0 Å². The Bertz CT molecular complexity index is 502. The van der Waals surface area contributed by atoms with Gasteiger partial charge in [-0.05, 0) is 43.5 Å². The van der Waals surface area contributed by atoms with Crippen molar-refractivity contribution in [2.45, 2.75) is 39.2 Å². The van der Waals surface area contributed by atoms with Crippen LogP contribution in [0.5, 0.6) is 0 Å². The average molecular weight is 318 g/mol. The van der Waals surface area contributed by atoms with E-state index in [1.54, 1.807) is 6.92 Å². The lowest BCUT2D eigenvalue weighted by molar-refractivity contribution is 0.484. The first-order chi connectivity index (χ1) is 9.46. The molecule has 0 amide bonds. The van der Waals surface area contributed by atoms with Gasteiger partial charge in [-0.25, -0.2) is 8.42 Å². The molecule has 0 aromatic heterocycles. The Morgan fingerprint density at radius 1 is 1.30 bits per heavy atom. The predicted molar refractivity (Wildman–Crippen MR) is 86.2 cm³/mol. The summed E-state index contributed by atoms with van der Waals surface area (Å²) in [6.45, 7) is 4.64. The zero-order chi connectivity index (χ0) is 15.0. The van der Waals surface area contributed by atoms with Crippen LogP contribution in [0.3, 0.4) is 0 Å². The molecule has 0 fully saturated rings. The normalized spacial score (nSPS) is 13.3. The van der Waals surface area contributed by atoms with Crippen LogP contribution >= 0.6 is 11.6 Å². The molecule has 0 aliphatic heterocycles. The largest absolute Gasteiger partial charge is 0.314 e. The molecule has 0 spiro atoms. The van der Waals surface area contributed by atoms with Gasteiger partial charge in [-0.2, -0.15) is 0 Å². The molecule has 1 rings (SSSR count). The number of hydrogen-bond donors (Lipinski definition) is 1. The molecule has 0 bridgehead atoms. The first-order valence-electron chi connectivity index (χ1n) is 7.15. The van der Waals surface area contributed by atoms with E-state index in [0.29, 0.717) is 12.5 Å². The fraction of sp³-hybridized carbons (Fsp3) is 0.600. The third-order valence-electron chi connectivity index (χ3n) is 3.31. The molecule has 0 heterocycles. The minimum absolute atomic E-state index is 0.229. The van der Waals surface area contributed by atoms with Gasteiger partial charge in [0.1, 0.15) is 9.84 Å². The molecule has 3 nitrogen and oxygen atoms in total. The van der Waals surface area contributed by atoms with Crippen LogP contribution in [-0.2, 0) is 16.3 Å². The quantitative estimate of drug-likeness (QED) is 0.761. The fourth-order valence-corrected chi connectivity index (χ4v) is 3.32. The number of likely N-dealkylation sites (N-methyl/N-ethyl adjacent to an activating group) is 1. The SMILES string of the molecule is CCNC(CCCS(=O)(=O)CC)Cc1cccc(Cl)c1. The first-order valence-corrected chi connectivity index (χ1v) is 9.35. The molecule has 0 saturated carbocycles. The summed E-state index contributed by atoms with van der Waals surface area (Å²) in [6.07, 6.45) is 2.44. The molecule has 0 aliphatic rings. The van der Waals surface area contributed by atoms with E-state index in [2.05, 4.69) is 18.3 Å². The third-order valence-corrected chi connectivity index (χ3v) is 5.34. The minimum Gasteiger partial charge on any atom is -0.314 e. The van der Waals surface area contributed by atoms with Crippen molar-refractivity contribution in [2.24, 2.45) is 0 Å². The van der Waals surface area contributed by atoms with Crippen LogP contribution in [0.2, 0.25) is 5.02 Å². The van der Waals surface area contributed by atoms with E-state index in [1.165, 1.54) is 5.56 Å². The van der Waals surface area contributed by atoms with E-state index in [4.69, 9.17) is 11.6 Å². The summed E-state index contributed by atoms with van der Waals surface area (Å²) in [5.74, 6) is 0.508. The van der Waals surface area contributed by atoms with Crippen molar-refractivity contribution in [1.29, 1.82) is 0 Å². The third kappa shape index (κ3) is 6.73. The van der Waals surface area contributed by atoms with Gasteiger partial charge in [0, 0.05) is 16.8 Å². The summed E-state index contributed by atoms with van der Waals surface area (Å²) in [4.78, 5) is 0. The van der Waals surface area contributed by atoms with Crippen LogP contribution in [0.1, 0.15) is 32.3 Å². The number of halogens is 1. The van der Waals surface area contributed by atoms with Gasteiger partial charge in [0.25, 0.3) is 0 Å². The molecular weight excluding hydrogens is 294 g/mol. The Kier molecular flexibility index (Phi) is 7.56. The zero-order valence-electron chi connectivity index (χ0n) is 12.2. The Labute approximate surface area is 127 Å². The average Bonchev–Trinajstić information content (AvgIpc) is 2.39. The van der Waals surface area contributed by atoms with Gasteiger partial charge < -0.3 is 5.32 Å². The number of nitrogens with one attached hydrogen (secondary N) is 1. The second kappa shape index (κ2) is 8.65. The number of rotatable bonds is 9. The van der Waals surface area contributed by atoms with Gasteiger partial charge in [0.15, 0.2) is 0 Å². The van der Waals surface area contributed by atoms with Crippen LogP contribution in [0.4, 0.5) is 0 Å². The highest BCUT2D eigenvalue weighted by molar-refractivity contribution is 7.91. The Morgan fingerprint density at radius 3 is 2.65 bits per heavy atom. The molecule has 1 atom stereocenters. The molecule has 0 radical (unpaired) electrons. The van der Waals surface area contributed by atoms with Crippen molar-refractivity contribution in [2.75, 3.05) is 18.1 Å². The standard InChI is InChI=1S/C15H24ClNO2S/c1-3-17-15(9-6-10-20(18,19)4-2)12-13-7-5-8-14(16)11-13/h5,7-8,11,15,17H,3-4,6,9-10,12H2,1-2H3. The topological polar surface area (TPSA) is 46.2 Å². The Balaban J connectivity index is 2.52. The van der Waals surface area contributed by atoms with Gasteiger partial charge in [-0.15, -0.1) is 0 Å². The lowest BCUT2D eigenvalue weighted by Gasteiger charge is -2.18. The van der Waals surface area contributed by atoms with Gasteiger partial charge in [0.05, 0.1) is 5.75 Å². The van der Waals surface area contributed by atoms with E-state index < -0.39 is 9.84 Å². The van der Waals surface area contributed by atoms with Crippen molar-refractivity contribution in [3.05, 3.63) is 34.9 Å². The molecule has 1 unspecified atom stereocenters. The summed E-state index contributed by atoms with van der Waals surface area (Å²) in [5, 5.41) is 4.16. The highest BCUT2D eigenvalue weighted by Gasteiger charge is 2.12. The van der Waals surface area contributed by atoms with E-state index in [0.717, 1.165) is 24.4 Å². The van der Waals surface area contributed by atoms with Crippen molar-refractivity contribution in [1.82, 2.24) is 5.32 Å². The predicted octanol–water partition coefficient (Wildman–Crippen LogP) is 3.08. The van der Waals surface area contributed by atoms with Crippen LogP contribution in [0.15, 0.2) is 24.3 Å². The molecule has 1 N–H and O–H groups in total. The smallest absolute Gasteiger partial charge is 0.150 e. The van der Waals surface area contributed by atoms with Gasteiger partial charge >= 0.3 is 0 Å². The summed E-state index contributed by atoms with van der Waals surface area (Å²) in [5.41, 5.74) is 1.18. The van der Waals surface area contributed by atoms with E-state index in [9.17, 15) is 8.42 Å². The second-order valence-corrected chi connectivity index (χ2v) is 7.88. The highest BCUT2D eigenvalue weighted by Crippen LogP contribution is 2.14. The first kappa shape index (κ1) is 17.5. The molecule has 20 heavy (non-hydrogen) atoms. The Morgan fingerprint density at radius 2 is 2.05 bits per heavy atom. The monoisotopic (exact) mass is 317 g/mol. The number of hydrogen-bond acceptors (Lipinski definition) is 3. The van der Waals surface area contributed by atoms with E-state index in [-0.39, 0.29) is 11.5 Å². The molecule has 0 aliphatic carbocycles. The molecule has 114 valence electrons. The minimum atomic E-state index is -2.86. The fourth-order valence-electron chi connectivity index (χ4n) is 2.21. The maximum Gasteiger partial charge on any atom is 0.150 e. The number of sulfone groups is 1. The summed E-state index contributed by atoms with van der Waals surface area (Å²) in [6, 6.07) is 8.13. The van der Waals surface area contributed by atoms with Gasteiger partial charge in [0.2, 0.25) is 0 Å². The molecule has 1 aromatic carbocycles. The van der Waals surface area contributed by atoms with E-state index in [1.807, 2.05) is 18.2 Å². The Hall–Kier alpha value is -0.580. The lowest BCUT2D eigenvalue weighted by Crippen LogP contribution is -2.31. The van der Waals surface area contributed by atoms with Crippen LogP contribution in [-0.4, -0.2) is 32.5 Å². The molecular formula is C15H24ClNO2S. The summed E-state index contributed by atoms with van der Waals surface area (Å²) in [7, 11) is -2.86. The lowest BCUT2D eigenvalue weighted by atomic mass is 10.0.